The minimum Gasteiger partial charge on any atom is -0.324 e. The Morgan fingerprint density at radius 1 is 1.54 bits per heavy atom. The molecule has 0 spiro atoms. The van der Waals surface area contributed by atoms with E-state index in [1.165, 1.54) is 5.06 Å². The maximum atomic E-state index is 11.7. The smallest absolute Gasteiger partial charge is 0.253 e. The van der Waals surface area contributed by atoms with E-state index in [1.54, 1.807) is 0 Å². The van der Waals surface area contributed by atoms with E-state index < -0.39 is 0 Å². The standard InChI is InChI=1S/C9H14N2O2/c10-8-3-2-7(6-8)9(12)11-4-1-5-13-11/h2-3,7-8H,1,4-6,10H2. The van der Waals surface area contributed by atoms with Crippen LogP contribution in [0.15, 0.2) is 12.2 Å². The van der Waals surface area contributed by atoms with Gasteiger partial charge in [-0.15, -0.1) is 0 Å². The summed E-state index contributed by atoms with van der Waals surface area (Å²) in [6.07, 6.45) is 5.43. The maximum absolute atomic E-state index is 11.7. The van der Waals surface area contributed by atoms with Gasteiger partial charge in [-0.3, -0.25) is 9.63 Å². The first-order valence-electron chi connectivity index (χ1n) is 4.65. The Kier molecular flexibility index (Phi) is 2.33. The Bertz CT molecular complexity index is 234. The van der Waals surface area contributed by atoms with E-state index in [0.717, 1.165) is 19.4 Å². The summed E-state index contributed by atoms with van der Waals surface area (Å²) in [5, 5.41) is 1.47. The third-order valence-corrected chi connectivity index (χ3v) is 2.43. The number of nitrogens with zero attached hydrogens (tertiary/aromatic N) is 1. The van der Waals surface area contributed by atoms with Crippen LogP contribution in [-0.2, 0) is 9.63 Å². The van der Waals surface area contributed by atoms with Crippen molar-refractivity contribution >= 4 is 5.91 Å². The van der Waals surface area contributed by atoms with Gasteiger partial charge in [0.2, 0.25) is 0 Å². The van der Waals surface area contributed by atoms with Crippen LogP contribution in [0.25, 0.3) is 0 Å². The van der Waals surface area contributed by atoms with Gasteiger partial charge in [0.15, 0.2) is 0 Å². The topological polar surface area (TPSA) is 55.6 Å². The van der Waals surface area contributed by atoms with Crippen molar-refractivity contribution in [3.05, 3.63) is 12.2 Å². The molecular formula is C9H14N2O2. The number of rotatable bonds is 1. The minimum atomic E-state index is -0.0619. The van der Waals surface area contributed by atoms with Gasteiger partial charge in [0, 0.05) is 6.04 Å². The molecule has 4 heteroatoms. The maximum Gasteiger partial charge on any atom is 0.253 e. The number of hydrogen-bond donors (Lipinski definition) is 1. The lowest BCUT2D eigenvalue weighted by Crippen LogP contribution is -2.32. The highest BCUT2D eigenvalue weighted by atomic mass is 16.7. The number of hydroxylamine groups is 2. The highest BCUT2D eigenvalue weighted by molar-refractivity contribution is 5.80. The van der Waals surface area contributed by atoms with Crippen LogP contribution >= 0.6 is 0 Å². The molecule has 2 rings (SSSR count). The fraction of sp³-hybridized carbons (Fsp3) is 0.667. The van der Waals surface area contributed by atoms with Crippen LogP contribution in [0.2, 0.25) is 0 Å². The van der Waals surface area contributed by atoms with Crippen LogP contribution < -0.4 is 5.73 Å². The summed E-state index contributed by atoms with van der Waals surface area (Å²) in [6.45, 7) is 1.38. The summed E-state index contributed by atoms with van der Waals surface area (Å²) < 4.78 is 0. The molecule has 4 nitrogen and oxygen atoms in total. The van der Waals surface area contributed by atoms with Gasteiger partial charge in [0.25, 0.3) is 5.91 Å². The second-order valence-electron chi connectivity index (χ2n) is 3.52. The zero-order valence-corrected chi connectivity index (χ0v) is 7.48. The van der Waals surface area contributed by atoms with Crippen molar-refractivity contribution < 1.29 is 9.63 Å². The van der Waals surface area contributed by atoms with E-state index in [9.17, 15) is 4.79 Å². The second-order valence-corrected chi connectivity index (χ2v) is 3.52. The summed E-state index contributed by atoms with van der Waals surface area (Å²) in [4.78, 5) is 16.9. The second kappa shape index (κ2) is 3.47. The zero-order valence-electron chi connectivity index (χ0n) is 7.48. The molecule has 0 saturated carbocycles. The molecular weight excluding hydrogens is 168 g/mol. The molecule has 1 aliphatic carbocycles. The van der Waals surface area contributed by atoms with E-state index >= 15 is 0 Å². The van der Waals surface area contributed by atoms with Gasteiger partial charge in [-0.05, 0) is 12.8 Å². The first kappa shape index (κ1) is 8.72. The van der Waals surface area contributed by atoms with Crippen molar-refractivity contribution in [2.75, 3.05) is 13.2 Å². The molecule has 0 aromatic rings. The molecule has 2 N–H and O–H groups in total. The van der Waals surface area contributed by atoms with Crippen LogP contribution in [0.3, 0.4) is 0 Å². The van der Waals surface area contributed by atoms with Crippen LogP contribution in [-0.4, -0.2) is 30.2 Å². The van der Waals surface area contributed by atoms with Gasteiger partial charge >= 0.3 is 0 Å². The summed E-state index contributed by atoms with van der Waals surface area (Å²) in [5.74, 6) is -0.00481. The molecule has 0 bridgehead atoms. The number of nitrogens with two attached hydrogens (primary N) is 1. The monoisotopic (exact) mass is 182 g/mol. The third-order valence-electron chi connectivity index (χ3n) is 2.43. The van der Waals surface area contributed by atoms with Crippen LogP contribution in [0, 0.1) is 5.92 Å². The van der Waals surface area contributed by atoms with E-state index in [4.69, 9.17) is 10.6 Å². The van der Waals surface area contributed by atoms with Crippen molar-refractivity contribution in [2.24, 2.45) is 11.7 Å². The lowest BCUT2D eigenvalue weighted by molar-refractivity contribution is -0.171. The van der Waals surface area contributed by atoms with E-state index in [2.05, 4.69) is 0 Å². The largest absolute Gasteiger partial charge is 0.324 e. The zero-order chi connectivity index (χ0) is 9.26. The van der Waals surface area contributed by atoms with Crippen LogP contribution in [0.4, 0.5) is 0 Å². The minimum absolute atomic E-state index is 0.0385. The molecule has 1 saturated heterocycles. The average Bonchev–Trinajstić information content (AvgIpc) is 2.72. The lowest BCUT2D eigenvalue weighted by atomic mass is 10.1. The molecule has 1 amide bonds. The summed E-state index contributed by atoms with van der Waals surface area (Å²) in [7, 11) is 0. The quantitative estimate of drug-likeness (QED) is 0.583. The third kappa shape index (κ3) is 1.73. The Hall–Kier alpha value is -0.870. The molecule has 2 unspecified atom stereocenters. The van der Waals surface area contributed by atoms with Gasteiger partial charge in [0.1, 0.15) is 0 Å². The number of carbonyl (C=O) groups excluding carboxylic acids is 1. The van der Waals surface area contributed by atoms with Gasteiger partial charge in [-0.1, -0.05) is 12.2 Å². The molecule has 72 valence electrons. The highest BCUT2D eigenvalue weighted by Gasteiger charge is 2.29. The van der Waals surface area contributed by atoms with Crippen LogP contribution in [0.1, 0.15) is 12.8 Å². The number of amides is 1. The van der Waals surface area contributed by atoms with Gasteiger partial charge in [-0.2, -0.15) is 0 Å². The summed E-state index contributed by atoms with van der Waals surface area (Å²) in [6, 6.07) is 0.0385. The van der Waals surface area contributed by atoms with Crippen molar-refractivity contribution in [1.82, 2.24) is 5.06 Å². The van der Waals surface area contributed by atoms with E-state index in [0.29, 0.717) is 6.61 Å². The molecule has 0 radical (unpaired) electrons. The van der Waals surface area contributed by atoms with Crippen LogP contribution in [0.5, 0.6) is 0 Å². The first-order chi connectivity index (χ1) is 6.27. The Morgan fingerprint density at radius 3 is 2.92 bits per heavy atom. The highest BCUT2D eigenvalue weighted by Crippen LogP contribution is 2.20. The molecule has 2 atom stereocenters. The number of hydrogen-bond acceptors (Lipinski definition) is 3. The van der Waals surface area contributed by atoms with Crippen molar-refractivity contribution in [3.8, 4) is 0 Å². The Balaban J connectivity index is 1.93. The normalized spacial score (nSPS) is 32.8. The fourth-order valence-corrected chi connectivity index (χ4v) is 1.72. The summed E-state index contributed by atoms with van der Waals surface area (Å²) >= 11 is 0. The molecule has 1 fully saturated rings. The van der Waals surface area contributed by atoms with Crippen molar-refractivity contribution in [3.63, 3.8) is 0 Å². The van der Waals surface area contributed by atoms with Crippen molar-refractivity contribution in [2.45, 2.75) is 18.9 Å². The molecule has 1 aliphatic heterocycles. The Morgan fingerprint density at radius 2 is 2.38 bits per heavy atom. The fourth-order valence-electron chi connectivity index (χ4n) is 1.72. The van der Waals surface area contributed by atoms with Gasteiger partial charge in [0.05, 0.1) is 19.1 Å². The summed E-state index contributed by atoms with van der Waals surface area (Å²) in [5.41, 5.74) is 5.66. The SMILES string of the molecule is NC1C=CC(C(=O)N2CCCO2)C1. The molecule has 0 aromatic carbocycles. The first-order valence-corrected chi connectivity index (χ1v) is 4.65. The number of carbonyl (C=O) groups is 1. The molecule has 2 aliphatic rings. The molecule has 0 aromatic heterocycles. The molecule has 13 heavy (non-hydrogen) atoms. The van der Waals surface area contributed by atoms with Gasteiger partial charge < -0.3 is 5.73 Å². The molecule has 1 heterocycles. The van der Waals surface area contributed by atoms with Gasteiger partial charge in [-0.25, -0.2) is 5.06 Å². The van der Waals surface area contributed by atoms with E-state index in [-0.39, 0.29) is 17.9 Å². The lowest BCUT2D eigenvalue weighted by Gasteiger charge is -2.17. The van der Waals surface area contributed by atoms with Crippen molar-refractivity contribution in [1.29, 1.82) is 0 Å². The average molecular weight is 182 g/mol. The Labute approximate surface area is 77.3 Å². The predicted octanol–water partition coefficient (Wildman–Crippen LogP) is 0.0537. The van der Waals surface area contributed by atoms with E-state index in [1.807, 2.05) is 12.2 Å². The predicted molar refractivity (Wildman–Crippen MR) is 47.5 cm³/mol.